The molecule has 75 heavy (non-hydrogen) atoms. The molecule has 0 fully saturated rings. The fourth-order valence-corrected chi connectivity index (χ4v) is 26.9. The second kappa shape index (κ2) is 16.4. The van der Waals surface area contributed by atoms with Crippen LogP contribution in [0.2, 0.25) is 39.3 Å². The number of anilines is 6. The van der Waals surface area contributed by atoms with Crippen molar-refractivity contribution in [3.8, 4) is 11.1 Å². The molecule has 1 aliphatic carbocycles. The first-order valence-corrected chi connectivity index (χ1v) is 33.4. The van der Waals surface area contributed by atoms with Gasteiger partial charge in [-0.15, -0.1) is 0 Å². The van der Waals surface area contributed by atoms with E-state index in [2.05, 4.69) is 269 Å². The lowest BCUT2D eigenvalue weighted by atomic mass is 9.90. The minimum absolute atomic E-state index is 0.147. The Labute approximate surface area is 440 Å². The van der Waals surface area contributed by atoms with Crippen molar-refractivity contribution in [3.05, 3.63) is 229 Å². The van der Waals surface area contributed by atoms with Gasteiger partial charge in [-0.25, -0.2) is 0 Å². The minimum Gasteiger partial charge on any atom is -0.454 e. The van der Waals surface area contributed by atoms with Crippen LogP contribution >= 0.6 is 0 Å². The van der Waals surface area contributed by atoms with Crippen LogP contribution < -0.4 is 9.80 Å². The van der Waals surface area contributed by atoms with Crippen LogP contribution in [0.3, 0.4) is 0 Å². The highest BCUT2D eigenvalue weighted by Crippen LogP contribution is 2.62. The zero-order valence-electron chi connectivity index (χ0n) is 43.8. The Hall–Kier alpha value is -8.17. The molecule has 364 valence electrons. The Morgan fingerprint density at radius 3 is 1.37 bits per heavy atom. The van der Waals surface area contributed by atoms with Crippen LogP contribution in [-0.4, -0.2) is 16.1 Å². The zero-order valence-corrected chi connectivity index (χ0v) is 45.8. The Morgan fingerprint density at radius 1 is 0.360 bits per heavy atom. The van der Waals surface area contributed by atoms with Crippen LogP contribution in [0.15, 0.2) is 215 Å². The second-order valence-corrected chi connectivity index (χ2v) is 34.1. The highest BCUT2D eigenvalue weighted by atomic mass is 28.4. The van der Waals surface area contributed by atoms with E-state index in [1.165, 1.54) is 65.7 Å². The number of benzene rings is 11. The predicted octanol–water partition coefficient (Wildman–Crippen LogP) is 20.5. The second-order valence-electron chi connectivity index (χ2n) is 23.1. The summed E-state index contributed by atoms with van der Waals surface area (Å²) in [5.74, 6) is 0. The number of para-hydroxylation sites is 4. The number of aryl methyl sites for hydroxylation is 2. The van der Waals surface area contributed by atoms with Crippen LogP contribution in [0, 0.1) is 13.8 Å². The lowest BCUT2D eigenvalue weighted by molar-refractivity contribution is 0.668. The van der Waals surface area contributed by atoms with Crippen LogP contribution in [-0.2, 0) is 4.66 Å². The standard InChI is InChI=1S/C69H58N2O2Si2/c1-43-27-32-47(33-28-43)70(61-23-15-21-56-52-18-11-13-25-63(52)72-67(56)61)49-36-31-45-40-59-60(41-46(45)39-49)69(74(3,4)5,75(6,7)8)66-55-38-37-50(42-58(55)51-17-9-10-20-54(51)65(59)66)71(48-34-29-44(2)30-35-48)62-24-16-22-57-53-19-12-14-26-64(53)73-68(57)62/h9-42H,1-8H3. The molecule has 2 heterocycles. The van der Waals surface area contributed by atoms with Crippen molar-refractivity contribution < 1.29 is 8.83 Å². The summed E-state index contributed by atoms with van der Waals surface area (Å²) in [4.78, 5) is 4.80. The minimum atomic E-state index is -2.17. The molecular weight excluding hydrogens is 945 g/mol. The van der Waals surface area contributed by atoms with Gasteiger partial charge in [-0.05, 0) is 147 Å². The summed E-state index contributed by atoms with van der Waals surface area (Å²) in [5, 5.41) is 12.2. The number of hydrogen-bond acceptors (Lipinski definition) is 4. The fraction of sp³-hybridized carbons (Fsp3) is 0.130. The molecular formula is C69H58N2O2Si2. The lowest BCUT2D eigenvalue weighted by Gasteiger charge is -2.51. The largest absolute Gasteiger partial charge is 0.454 e. The Kier molecular flexibility index (Phi) is 9.95. The van der Waals surface area contributed by atoms with E-state index in [0.29, 0.717) is 0 Å². The van der Waals surface area contributed by atoms with E-state index < -0.39 is 16.1 Å². The van der Waals surface area contributed by atoms with Crippen molar-refractivity contribution >= 4 is 126 Å². The van der Waals surface area contributed by atoms with Gasteiger partial charge in [0.15, 0.2) is 11.2 Å². The molecule has 2 aromatic heterocycles. The van der Waals surface area contributed by atoms with Gasteiger partial charge in [-0.1, -0.05) is 178 Å². The Bertz CT molecular complexity index is 4460. The summed E-state index contributed by atoms with van der Waals surface area (Å²) in [5.41, 5.74) is 18.3. The fourth-order valence-electron chi connectivity index (χ4n) is 13.8. The quantitative estimate of drug-likeness (QED) is 0.112. The number of fused-ring (bicyclic) bond motifs is 15. The molecule has 0 amide bonds. The van der Waals surface area contributed by atoms with Crippen LogP contribution in [0.25, 0.3) is 87.3 Å². The number of nitrogens with zero attached hydrogens (tertiary/aromatic N) is 2. The summed E-state index contributed by atoms with van der Waals surface area (Å²) < 4.78 is 13.4. The van der Waals surface area contributed by atoms with E-state index in [4.69, 9.17) is 8.83 Å². The highest BCUT2D eigenvalue weighted by molar-refractivity contribution is 7.00. The Morgan fingerprint density at radius 2 is 0.827 bits per heavy atom. The van der Waals surface area contributed by atoms with Gasteiger partial charge in [0.05, 0.1) is 27.5 Å². The molecule has 0 aliphatic heterocycles. The maximum Gasteiger partial charge on any atom is 0.159 e. The van der Waals surface area contributed by atoms with Crippen molar-refractivity contribution in [1.82, 2.24) is 0 Å². The molecule has 0 spiro atoms. The summed E-state index contributed by atoms with van der Waals surface area (Å²) in [6, 6.07) is 76.5. The van der Waals surface area contributed by atoms with Crippen molar-refractivity contribution in [2.24, 2.45) is 0 Å². The summed E-state index contributed by atoms with van der Waals surface area (Å²) in [6.45, 7) is 20.1. The molecule has 6 heteroatoms. The smallest absolute Gasteiger partial charge is 0.159 e. The summed E-state index contributed by atoms with van der Waals surface area (Å²) >= 11 is 0. The number of hydrogen-bond donors (Lipinski definition) is 0. The molecule has 1 aliphatic rings. The van der Waals surface area contributed by atoms with Gasteiger partial charge < -0.3 is 18.6 Å². The third kappa shape index (κ3) is 6.65. The van der Waals surface area contributed by atoms with E-state index in [1.54, 1.807) is 0 Å². The van der Waals surface area contributed by atoms with Crippen molar-refractivity contribution in [2.75, 3.05) is 9.80 Å². The SMILES string of the molecule is Cc1ccc(N(c2ccc3cc4c(cc3c2)C([Si](C)(C)C)([Si](C)(C)C)c2c-4c3ccccc3c3cc(N(c4ccc(C)cc4)c4cccc5c4oc4ccccc45)ccc23)c2cccc3c2oc2ccccc23)cc1. The first kappa shape index (κ1) is 45.4. The zero-order chi connectivity index (χ0) is 51.1. The van der Waals surface area contributed by atoms with E-state index >= 15 is 0 Å². The first-order chi connectivity index (χ1) is 36.3. The monoisotopic (exact) mass is 1000 g/mol. The maximum atomic E-state index is 6.78. The highest BCUT2D eigenvalue weighted by Gasteiger charge is 2.60. The van der Waals surface area contributed by atoms with Crippen molar-refractivity contribution in [1.29, 1.82) is 0 Å². The van der Waals surface area contributed by atoms with Gasteiger partial charge in [0, 0.05) is 49.0 Å². The third-order valence-corrected chi connectivity index (χ3v) is 26.7. The van der Waals surface area contributed by atoms with E-state index in [9.17, 15) is 0 Å². The molecule has 11 aromatic carbocycles. The van der Waals surface area contributed by atoms with Gasteiger partial charge in [-0.3, -0.25) is 0 Å². The Balaban J connectivity index is 1.01. The predicted molar refractivity (Wildman–Crippen MR) is 325 cm³/mol. The van der Waals surface area contributed by atoms with Gasteiger partial charge >= 0.3 is 0 Å². The van der Waals surface area contributed by atoms with Crippen LogP contribution in [0.5, 0.6) is 0 Å². The van der Waals surface area contributed by atoms with Gasteiger partial charge in [0.1, 0.15) is 11.2 Å². The molecule has 0 unspecified atom stereocenters. The third-order valence-electron chi connectivity index (χ3n) is 16.6. The molecule has 14 rings (SSSR count). The molecule has 4 nitrogen and oxygen atoms in total. The first-order valence-electron chi connectivity index (χ1n) is 26.4. The van der Waals surface area contributed by atoms with E-state index in [-0.39, 0.29) is 4.66 Å². The van der Waals surface area contributed by atoms with E-state index in [0.717, 1.165) is 78.0 Å². The van der Waals surface area contributed by atoms with Gasteiger partial charge in [-0.2, -0.15) is 0 Å². The molecule has 0 atom stereocenters. The molecule has 0 bridgehead atoms. The van der Waals surface area contributed by atoms with E-state index in [1.807, 2.05) is 0 Å². The molecule has 0 saturated heterocycles. The topological polar surface area (TPSA) is 32.8 Å². The summed E-state index contributed by atoms with van der Waals surface area (Å²) in [7, 11) is -4.35. The van der Waals surface area contributed by atoms with Gasteiger partial charge in [0.2, 0.25) is 0 Å². The van der Waals surface area contributed by atoms with Crippen molar-refractivity contribution in [3.63, 3.8) is 0 Å². The van der Waals surface area contributed by atoms with Crippen molar-refractivity contribution in [2.45, 2.75) is 57.8 Å². The maximum absolute atomic E-state index is 6.78. The number of furan rings is 2. The number of rotatable bonds is 8. The molecule has 0 N–H and O–H groups in total. The molecule has 0 saturated carbocycles. The average molecular weight is 1000 g/mol. The van der Waals surface area contributed by atoms with Crippen LogP contribution in [0.1, 0.15) is 22.3 Å². The lowest BCUT2D eigenvalue weighted by Crippen LogP contribution is -2.63. The molecule has 0 radical (unpaired) electrons. The van der Waals surface area contributed by atoms with Crippen LogP contribution in [0.4, 0.5) is 34.1 Å². The average Bonchev–Trinajstić information content (AvgIpc) is 4.32. The normalized spacial score (nSPS) is 13.4. The molecule has 13 aromatic rings. The summed E-state index contributed by atoms with van der Waals surface area (Å²) in [6.07, 6.45) is 0. The van der Waals surface area contributed by atoms with Gasteiger partial charge in [0.25, 0.3) is 0 Å².